The summed E-state index contributed by atoms with van der Waals surface area (Å²) in [5, 5.41) is 15.0. The normalized spacial score (nSPS) is 19.5. The largest absolute Gasteiger partial charge is 0.416 e. The van der Waals surface area contributed by atoms with Crippen LogP contribution in [0.5, 0.6) is 0 Å². The number of rotatable bonds is 14. The molecular weight excluding hydrogens is 729 g/mol. The van der Waals surface area contributed by atoms with Gasteiger partial charge in [0.05, 0.1) is 20.9 Å². The van der Waals surface area contributed by atoms with Crippen LogP contribution >= 0.6 is 34.5 Å². The molecule has 50 heavy (non-hydrogen) atoms. The fourth-order valence-corrected chi connectivity index (χ4v) is 15.4. The molecule has 13 heteroatoms. The molecule has 0 amide bonds. The Morgan fingerprint density at radius 2 is 1.70 bits per heavy atom. The number of anilines is 1. The molecule has 7 nitrogen and oxygen atoms in total. The van der Waals surface area contributed by atoms with E-state index in [4.69, 9.17) is 32.1 Å². The van der Waals surface area contributed by atoms with Crippen molar-refractivity contribution in [3.05, 3.63) is 73.5 Å². The van der Waals surface area contributed by atoms with Gasteiger partial charge in [-0.3, -0.25) is 4.79 Å². The smallest absolute Gasteiger partial charge is 0.208 e. The predicted molar refractivity (Wildman–Crippen MR) is 209 cm³/mol. The first-order chi connectivity index (χ1) is 23.2. The maximum atomic E-state index is 14.6. The minimum atomic E-state index is -2.20. The number of aliphatic hydroxyl groups excluding tert-OH is 1. The Morgan fingerprint density at radius 1 is 1.06 bits per heavy atom. The lowest BCUT2D eigenvalue weighted by atomic mass is 10.0. The Kier molecular flexibility index (Phi) is 13.2. The Bertz CT molecular complexity index is 1630. The molecule has 4 rings (SSSR count). The van der Waals surface area contributed by atoms with Crippen LogP contribution in [0.3, 0.4) is 0 Å². The fourth-order valence-electron chi connectivity index (χ4n) is 7.24. The summed E-state index contributed by atoms with van der Waals surface area (Å²) in [6, 6.07) is 5.43. The number of carbonyl (C=O) groups excluding carboxylic acids is 1. The standard InChI is InChI=1S/C37H54Cl2FN3O4SSi2/c1-21(2)50(22(3)4,23(5)6)47-31-16-26(14-24(31)19-46-49(10,11)37(7,8)9)43-36-29(18-41-20-42-36)34(45)32-17-28(35(39)48-32)33(44)27-15-25(38)12-13-30(27)40/h12-13,15,17-18,20-24,26,31,33,44H,14,16,19H2,1-11H3,(H,41,42,43)/t24-,26-,31+,33?/m1/s1. The number of ketones is 1. The minimum Gasteiger partial charge on any atom is -0.416 e. The third-order valence-electron chi connectivity index (χ3n) is 10.9. The van der Waals surface area contributed by atoms with Crippen LogP contribution in [0.25, 0.3) is 0 Å². The number of halogens is 3. The van der Waals surface area contributed by atoms with E-state index < -0.39 is 28.6 Å². The van der Waals surface area contributed by atoms with Gasteiger partial charge in [0.1, 0.15) is 24.1 Å². The second kappa shape index (κ2) is 16.1. The van der Waals surface area contributed by atoms with Crippen LogP contribution in [-0.2, 0) is 8.85 Å². The lowest BCUT2D eigenvalue weighted by Gasteiger charge is -2.45. The van der Waals surface area contributed by atoms with Gasteiger partial charge in [0.25, 0.3) is 0 Å². The highest BCUT2D eigenvalue weighted by atomic mass is 35.5. The van der Waals surface area contributed by atoms with Crippen molar-refractivity contribution in [2.75, 3.05) is 11.9 Å². The molecule has 2 N–H and O–H groups in total. The second-order valence-corrected chi connectivity index (χ2v) is 28.4. The van der Waals surface area contributed by atoms with Crippen molar-refractivity contribution in [3.63, 3.8) is 0 Å². The van der Waals surface area contributed by atoms with E-state index in [1.54, 1.807) is 0 Å². The minimum absolute atomic E-state index is 0.00385. The second-order valence-electron chi connectivity index (χ2n) is 16.1. The third-order valence-corrected chi connectivity index (χ3v) is 23.2. The number of aromatic nitrogens is 2. The molecule has 1 aliphatic rings. The van der Waals surface area contributed by atoms with Gasteiger partial charge in [0, 0.05) is 40.9 Å². The van der Waals surface area contributed by atoms with E-state index in [2.05, 4.69) is 90.7 Å². The summed E-state index contributed by atoms with van der Waals surface area (Å²) in [5.41, 5.74) is 1.82. The van der Waals surface area contributed by atoms with E-state index in [-0.39, 0.29) is 59.8 Å². The summed E-state index contributed by atoms with van der Waals surface area (Å²) in [7, 11) is -4.21. The predicted octanol–water partition coefficient (Wildman–Crippen LogP) is 11.1. The number of thiophene rings is 1. The summed E-state index contributed by atoms with van der Waals surface area (Å²) in [4.78, 5) is 22.9. The fraction of sp³-hybridized carbons (Fsp3) is 0.595. The van der Waals surface area contributed by atoms with Crippen LogP contribution in [-0.4, -0.2) is 56.2 Å². The van der Waals surface area contributed by atoms with Crippen LogP contribution in [0.4, 0.5) is 10.2 Å². The number of benzene rings is 1. The van der Waals surface area contributed by atoms with Crippen molar-refractivity contribution >= 4 is 62.8 Å². The quantitative estimate of drug-likeness (QED) is 0.124. The summed E-state index contributed by atoms with van der Waals surface area (Å²) in [5.74, 6) is -0.369. The number of aliphatic hydroxyl groups is 1. The Hall–Kier alpha value is -1.71. The van der Waals surface area contributed by atoms with Crippen molar-refractivity contribution in [3.8, 4) is 0 Å². The SMILES string of the molecule is CC(C)[Si](O[C@H]1C[C@H](Nc2ncncc2C(=O)c2cc(C(O)c3cc(Cl)ccc3F)c(Cl)s2)C[C@@H]1CO[Si](C)(C)C(C)(C)C)(C(C)C)C(C)C. The number of hydrogen-bond acceptors (Lipinski definition) is 8. The van der Waals surface area contributed by atoms with Crippen molar-refractivity contribution < 1.29 is 23.1 Å². The van der Waals surface area contributed by atoms with Crippen LogP contribution in [0.2, 0.25) is 44.1 Å². The van der Waals surface area contributed by atoms with Gasteiger partial charge in [0.2, 0.25) is 14.1 Å². The lowest BCUT2D eigenvalue weighted by Crippen LogP contribution is -2.51. The molecule has 0 bridgehead atoms. The summed E-state index contributed by atoms with van der Waals surface area (Å²) in [6.07, 6.45) is 3.09. The van der Waals surface area contributed by atoms with Gasteiger partial charge in [-0.05, 0) is 71.9 Å². The first kappa shape index (κ1) is 41.1. The zero-order chi connectivity index (χ0) is 37.3. The molecule has 1 aromatic carbocycles. The van der Waals surface area contributed by atoms with Crippen molar-refractivity contribution in [1.82, 2.24) is 9.97 Å². The Morgan fingerprint density at radius 3 is 2.30 bits per heavy atom. The summed E-state index contributed by atoms with van der Waals surface area (Å²) in [6.45, 7) is 25.8. The Labute approximate surface area is 314 Å². The van der Waals surface area contributed by atoms with E-state index in [1.165, 1.54) is 36.8 Å². The molecule has 1 saturated carbocycles. The van der Waals surface area contributed by atoms with Crippen molar-refractivity contribution in [2.45, 2.75) is 128 Å². The first-order valence-corrected chi connectivity index (χ1v) is 24.2. The highest BCUT2D eigenvalue weighted by Crippen LogP contribution is 2.47. The molecule has 276 valence electrons. The summed E-state index contributed by atoms with van der Waals surface area (Å²) < 4.78 is 29.0. The van der Waals surface area contributed by atoms with Gasteiger partial charge < -0.3 is 19.3 Å². The summed E-state index contributed by atoms with van der Waals surface area (Å²) >= 11 is 13.6. The van der Waals surface area contributed by atoms with Crippen LogP contribution < -0.4 is 5.32 Å². The van der Waals surface area contributed by atoms with Gasteiger partial charge in [-0.15, -0.1) is 11.3 Å². The molecule has 1 aliphatic carbocycles. The molecule has 2 aromatic heterocycles. The first-order valence-electron chi connectivity index (χ1n) is 17.5. The van der Waals surface area contributed by atoms with E-state index in [1.807, 2.05) is 0 Å². The monoisotopic (exact) mass is 781 g/mol. The molecule has 0 saturated heterocycles. The van der Waals surface area contributed by atoms with Gasteiger partial charge in [-0.1, -0.05) is 85.5 Å². The Balaban J connectivity index is 1.61. The highest BCUT2D eigenvalue weighted by Gasteiger charge is 2.50. The molecular formula is C37H54Cl2FN3O4SSi2. The van der Waals surface area contributed by atoms with Gasteiger partial charge in [-0.25, -0.2) is 14.4 Å². The van der Waals surface area contributed by atoms with Gasteiger partial charge in [-0.2, -0.15) is 0 Å². The van der Waals surface area contributed by atoms with Crippen molar-refractivity contribution in [1.29, 1.82) is 0 Å². The zero-order valence-corrected chi connectivity index (χ0v) is 35.6. The number of carbonyl (C=O) groups is 1. The third kappa shape index (κ3) is 8.73. The van der Waals surface area contributed by atoms with Gasteiger partial charge in [0.15, 0.2) is 8.32 Å². The van der Waals surface area contributed by atoms with Crippen LogP contribution in [0.15, 0.2) is 36.8 Å². The van der Waals surface area contributed by atoms with Crippen molar-refractivity contribution in [2.24, 2.45) is 5.92 Å². The average Bonchev–Trinajstić information content (AvgIpc) is 3.60. The van der Waals surface area contributed by atoms with Gasteiger partial charge >= 0.3 is 0 Å². The number of hydrogen-bond donors (Lipinski definition) is 2. The molecule has 3 aromatic rings. The van der Waals surface area contributed by atoms with E-state index in [0.29, 0.717) is 29.0 Å². The maximum Gasteiger partial charge on any atom is 0.208 e. The van der Waals surface area contributed by atoms with Crippen LogP contribution in [0.1, 0.15) is 108 Å². The lowest BCUT2D eigenvalue weighted by molar-refractivity contribution is 0.0971. The molecule has 0 aliphatic heterocycles. The topological polar surface area (TPSA) is 93.6 Å². The maximum absolute atomic E-state index is 14.6. The molecule has 1 fully saturated rings. The van der Waals surface area contributed by atoms with E-state index >= 15 is 0 Å². The van der Waals surface area contributed by atoms with E-state index in [9.17, 15) is 14.3 Å². The highest BCUT2D eigenvalue weighted by molar-refractivity contribution is 7.18. The average molecular weight is 783 g/mol. The zero-order valence-electron chi connectivity index (χ0n) is 31.2. The molecule has 0 spiro atoms. The number of nitrogens with zero attached hydrogens (tertiary/aromatic N) is 2. The van der Waals surface area contributed by atoms with E-state index in [0.717, 1.165) is 24.2 Å². The number of nitrogens with one attached hydrogen (secondary N) is 1. The van der Waals surface area contributed by atoms with Crippen LogP contribution in [0, 0.1) is 11.7 Å². The molecule has 0 radical (unpaired) electrons. The molecule has 4 atom stereocenters. The molecule has 1 unspecified atom stereocenters. The molecule has 2 heterocycles.